The SMILES string of the molecule is CNCCC(=O)Nc1cccc(C)n1. The molecular formula is C10H15N3O. The van der Waals surface area contributed by atoms with E-state index in [1.54, 1.807) is 6.07 Å². The van der Waals surface area contributed by atoms with E-state index >= 15 is 0 Å². The minimum atomic E-state index is -0.0162. The lowest BCUT2D eigenvalue weighted by atomic mass is 10.3. The summed E-state index contributed by atoms with van der Waals surface area (Å²) >= 11 is 0. The predicted molar refractivity (Wildman–Crippen MR) is 56.1 cm³/mol. The van der Waals surface area contributed by atoms with Gasteiger partial charge in [0.05, 0.1) is 0 Å². The number of hydrogen-bond donors (Lipinski definition) is 2. The first-order valence-electron chi connectivity index (χ1n) is 4.60. The molecule has 0 unspecified atom stereocenters. The van der Waals surface area contributed by atoms with Crippen molar-refractivity contribution in [1.82, 2.24) is 10.3 Å². The first-order chi connectivity index (χ1) is 6.72. The number of nitrogens with zero attached hydrogens (tertiary/aromatic N) is 1. The zero-order valence-corrected chi connectivity index (χ0v) is 8.50. The molecule has 4 heteroatoms. The van der Waals surface area contributed by atoms with Crippen LogP contribution in [0.25, 0.3) is 0 Å². The number of pyridine rings is 1. The molecule has 0 aromatic carbocycles. The molecule has 0 aliphatic carbocycles. The number of nitrogens with one attached hydrogen (secondary N) is 2. The van der Waals surface area contributed by atoms with Crippen molar-refractivity contribution < 1.29 is 4.79 Å². The number of anilines is 1. The Bertz CT molecular complexity index is 312. The molecule has 0 aliphatic rings. The largest absolute Gasteiger partial charge is 0.319 e. The maximum atomic E-state index is 11.3. The van der Waals surface area contributed by atoms with Crippen molar-refractivity contribution >= 4 is 11.7 Å². The molecule has 1 amide bonds. The Labute approximate surface area is 83.7 Å². The van der Waals surface area contributed by atoms with E-state index < -0.39 is 0 Å². The lowest BCUT2D eigenvalue weighted by Crippen LogP contribution is -2.19. The van der Waals surface area contributed by atoms with Crippen LogP contribution in [0.2, 0.25) is 0 Å². The van der Waals surface area contributed by atoms with Crippen LogP contribution in [0.5, 0.6) is 0 Å². The van der Waals surface area contributed by atoms with Crippen LogP contribution in [0.4, 0.5) is 5.82 Å². The predicted octanol–water partition coefficient (Wildman–Crippen LogP) is 0.938. The highest BCUT2D eigenvalue weighted by Crippen LogP contribution is 2.03. The van der Waals surface area contributed by atoms with E-state index in [0.717, 1.165) is 5.69 Å². The summed E-state index contributed by atoms with van der Waals surface area (Å²) < 4.78 is 0. The molecule has 0 spiro atoms. The third kappa shape index (κ3) is 3.53. The summed E-state index contributed by atoms with van der Waals surface area (Å²) in [6, 6.07) is 5.55. The molecule has 0 saturated heterocycles. The Balaban J connectivity index is 2.47. The molecule has 0 radical (unpaired) electrons. The summed E-state index contributed by atoms with van der Waals surface area (Å²) in [5.41, 5.74) is 0.899. The van der Waals surface area contributed by atoms with Gasteiger partial charge in [0.15, 0.2) is 0 Å². The fourth-order valence-electron chi connectivity index (χ4n) is 1.06. The zero-order valence-electron chi connectivity index (χ0n) is 8.50. The van der Waals surface area contributed by atoms with Gasteiger partial charge < -0.3 is 10.6 Å². The fraction of sp³-hybridized carbons (Fsp3) is 0.400. The second-order valence-corrected chi connectivity index (χ2v) is 3.07. The third-order valence-corrected chi connectivity index (χ3v) is 1.76. The molecule has 1 rings (SSSR count). The van der Waals surface area contributed by atoms with Crippen LogP contribution >= 0.6 is 0 Å². The Morgan fingerprint density at radius 1 is 1.50 bits per heavy atom. The molecule has 1 heterocycles. The van der Waals surface area contributed by atoms with Gasteiger partial charge in [0.2, 0.25) is 5.91 Å². The van der Waals surface area contributed by atoms with Gasteiger partial charge in [-0.2, -0.15) is 0 Å². The molecule has 0 saturated carbocycles. The molecule has 1 aromatic heterocycles. The van der Waals surface area contributed by atoms with Gasteiger partial charge in [-0.05, 0) is 26.1 Å². The van der Waals surface area contributed by atoms with E-state index in [2.05, 4.69) is 15.6 Å². The van der Waals surface area contributed by atoms with Crippen LogP contribution in [0, 0.1) is 6.92 Å². The van der Waals surface area contributed by atoms with Crippen molar-refractivity contribution in [1.29, 1.82) is 0 Å². The van der Waals surface area contributed by atoms with Crippen LogP contribution in [0.3, 0.4) is 0 Å². The van der Waals surface area contributed by atoms with Crippen molar-refractivity contribution in [3.05, 3.63) is 23.9 Å². The van der Waals surface area contributed by atoms with Gasteiger partial charge in [0.25, 0.3) is 0 Å². The Kier molecular flexibility index (Phi) is 4.07. The van der Waals surface area contributed by atoms with Gasteiger partial charge >= 0.3 is 0 Å². The number of carbonyl (C=O) groups is 1. The number of rotatable bonds is 4. The highest BCUT2D eigenvalue weighted by Gasteiger charge is 2.01. The number of aromatic nitrogens is 1. The monoisotopic (exact) mass is 193 g/mol. The molecule has 0 atom stereocenters. The van der Waals surface area contributed by atoms with E-state index in [9.17, 15) is 4.79 Å². The Hall–Kier alpha value is -1.42. The van der Waals surface area contributed by atoms with Gasteiger partial charge in [0, 0.05) is 18.7 Å². The third-order valence-electron chi connectivity index (χ3n) is 1.76. The minimum Gasteiger partial charge on any atom is -0.319 e. The van der Waals surface area contributed by atoms with Gasteiger partial charge in [0.1, 0.15) is 5.82 Å². The van der Waals surface area contributed by atoms with Crippen molar-refractivity contribution in [2.24, 2.45) is 0 Å². The molecular weight excluding hydrogens is 178 g/mol. The number of aryl methyl sites for hydroxylation is 1. The Morgan fingerprint density at radius 3 is 2.93 bits per heavy atom. The lowest BCUT2D eigenvalue weighted by Gasteiger charge is -2.04. The highest BCUT2D eigenvalue weighted by atomic mass is 16.1. The molecule has 14 heavy (non-hydrogen) atoms. The second-order valence-electron chi connectivity index (χ2n) is 3.07. The van der Waals surface area contributed by atoms with E-state index in [-0.39, 0.29) is 5.91 Å². The zero-order chi connectivity index (χ0) is 10.4. The summed E-state index contributed by atoms with van der Waals surface area (Å²) in [6.07, 6.45) is 0.464. The lowest BCUT2D eigenvalue weighted by molar-refractivity contribution is -0.116. The number of amides is 1. The number of carbonyl (C=O) groups excluding carboxylic acids is 1. The number of hydrogen-bond acceptors (Lipinski definition) is 3. The molecule has 4 nitrogen and oxygen atoms in total. The maximum Gasteiger partial charge on any atom is 0.226 e. The molecule has 2 N–H and O–H groups in total. The smallest absolute Gasteiger partial charge is 0.226 e. The second kappa shape index (κ2) is 5.34. The molecule has 76 valence electrons. The van der Waals surface area contributed by atoms with Crippen LogP contribution in [0.15, 0.2) is 18.2 Å². The average Bonchev–Trinajstić information content (AvgIpc) is 2.15. The Morgan fingerprint density at radius 2 is 2.29 bits per heavy atom. The summed E-state index contributed by atoms with van der Waals surface area (Å²) in [5.74, 6) is 0.601. The van der Waals surface area contributed by atoms with Crippen LogP contribution in [-0.4, -0.2) is 24.5 Å². The van der Waals surface area contributed by atoms with Crippen molar-refractivity contribution in [3.63, 3.8) is 0 Å². The highest BCUT2D eigenvalue weighted by molar-refractivity contribution is 5.89. The normalized spacial score (nSPS) is 9.86. The molecule has 0 fully saturated rings. The van der Waals surface area contributed by atoms with Crippen molar-refractivity contribution in [2.45, 2.75) is 13.3 Å². The summed E-state index contributed by atoms with van der Waals surface area (Å²) in [5, 5.41) is 5.64. The quantitative estimate of drug-likeness (QED) is 0.748. The summed E-state index contributed by atoms with van der Waals surface area (Å²) in [7, 11) is 1.82. The van der Waals surface area contributed by atoms with E-state index in [0.29, 0.717) is 18.8 Å². The van der Waals surface area contributed by atoms with Crippen molar-refractivity contribution in [2.75, 3.05) is 18.9 Å². The van der Waals surface area contributed by atoms with Crippen molar-refractivity contribution in [3.8, 4) is 0 Å². The summed E-state index contributed by atoms with van der Waals surface area (Å²) in [6.45, 7) is 2.57. The fourth-order valence-corrected chi connectivity index (χ4v) is 1.06. The maximum absolute atomic E-state index is 11.3. The first kappa shape index (κ1) is 10.7. The minimum absolute atomic E-state index is 0.0162. The summed E-state index contributed by atoms with van der Waals surface area (Å²) in [4.78, 5) is 15.5. The van der Waals surface area contributed by atoms with E-state index in [1.807, 2.05) is 26.1 Å². The first-order valence-corrected chi connectivity index (χ1v) is 4.60. The molecule has 1 aromatic rings. The van der Waals surface area contributed by atoms with Crippen LogP contribution in [0.1, 0.15) is 12.1 Å². The van der Waals surface area contributed by atoms with Gasteiger partial charge in [-0.15, -0.1) is 0 Å². The van der Waals surface area contributed by atoms with E-state index in [4.69, 9.17) is 0 Å². The van der Waals surface area contributed by atoms with E-state index in [1.165, 1.54) is 0 Å². The van der Waals surface area contributed by atoms with Crippen LogP contribution < -0.4 is 10.6 Å². The van der Waals surface area contributed by atoms with Gasteiger partial charge in [-0.3, -0.25) is 4.79 Å². The van der Waals surface area contributed by atoms with Gasteiger partial charge in [-0.1, -0.05) is 6.07 Å². The molecule has 0 bridgehead atoms. The standard InChI is InChI=1S/C10H15N3O/c1-8-4-3-5-9(12-8)13-10(14)6-7-11-2/h3-5,11H,6-7H2,1-2H3,(H,12,13,14). The van der Waals surface area contributed by atoms with Crippen LogP contribution in [-0.2, 0) is 4.79 Å². The average molecular weight is 193 g/mol. The topological polar surface area (TPSA) is 54.0 Å². The van der Waals surface area contributed by atoms with Gasteiger partial charge in [-0.25, -0.2) is 4.98 Å². The molecule has 0 aliphatic heterocycles.